The van der Waals surface area contributed by atoms with Crippen molar-refractivity contribution < 1.29 is 9.47 Å². The monoisotopic (exact) mass is 396 g/mol. The molecule has 0 bridgehead atoms. The number of methoxy groups -OCH3 is 1. The van der Waals surface area contributed by atoms with Crippen LogP contribution in [0.3, 0.4) is 0 Å². The summed E-state index contributed by atoms with van der Waals surface area (Å²) in [6, 6.07) is 24.2. The van der Waals surface area contributed by atoms with Crippen molar-refractivity contribution >= 4 is 17.2 Å². The largest absolute Gasteiger partial charge is 0.497 e. The molecule has 0 spiro atoms. The molecule has 0 saturated heterocycles. The molecule has 148 valence electrons. The summed E-state index contributed by atoms with van der Waals surface area (Å²) >= 11 is 0. The molecule has 0 atom stereocenters. The number of nitrogens with zero attached hydrogens (tertiary/aromatic N) is 2. The van der Waals surface area contributed by atoms with Crippen LogP contribution in [-0.2, 0) is 6.54 Å². The third kappa shape index (κ3) is 3.51. The fourth-order valence-electron chi connectivity index (χ4n) is 3.45. The third-order valence-corrected chi connectivity index (χ3v) is 4.97. The van der Waals surface area contributed by atoms with E-state index in [-0.39, 0.29) is 0 Å². The summed E-state index contributed by atoms with van der Waals surface area (Å²) < 4.78 is 11.4. The minimum atomic E-state index is 0.482. The van der Waals surface area contributed by atoms with E-state index in [1.54, 1.807) is 7.11 Å². The van der Waals surface area contributed by atoms with Crippen molar-refractivity contribution in [3.63, 3.8) is 0 Å². The van der Waals surface area contributed by atoms with Gasteiger partial charge in [-0.05, 0) is 41.5 Å². The first-order chi connectivity index (χ1) is 14.8. The van der Waals surface area contributed by atoms with Crippen LogP contribution in [0.1, 0.15) is 5.56 Å². The van der Waals surface area contributed by atoms with Crippen LogP contribution < -0.4 is 20.1 Å². The molecule has 6 heteroatoms. The number of hydrogen-bond donors (Lipinski definition) is 2. The quantitative estimate of drug-likeness (QED) is 0.467. The standard InChI is InChI=1S/C24H20N4O2/c1-29-20-10-11-21-18(13-20)14-25-22-23(26-15-27-24(22)30-21)28-19-9-5-8-17(12-19)16-6-3-2-4-7-16/h2-13,15,25H,14H2,1H3,(H,26,27,28). The number of rotatable bonds is 4. The lowest BCUT2D eigenvalue weighted by atomic mass is 10.1. The second kappa shape index (κ2) is 7.75. The van der Waals surface area contributed by atoms with Gasteiger partial charge in [0.2, 0.25) is 5.88 Å². The average Bonchev–Trinajstić information content (AvgIpc) is 2.99. The zero-order chi connectivity index (χ0) is 20.3. The first-order valence-corrected chi connectivity index (χ1v) is 9.66. The highest BCUT2D eigenvalue weighted by atomic mass is 16.5. The van der Waals surface area contributed by atoms with Crippen molar-refractivity contribution in [1.29, 1.82) is 0 Å². The molecule has 0 unspecified atom stereocenters. The van der Waals surface area contributed by atoms with Crippen molar-refractivity contribution in [1.82, 2.24) is 9.97 Å². The van der Waals surface area contributed by atoms with E-state index in [0.29, 0.717) is 18.2 Å². The molecule has 0 amide bonds. The molecule has 2 N–H and O–H groups in total. The highest BCUT2D eigenvalue weighted by Gasteiger charge is 2.20. The van der Waals surface area contributed by atoms with Gasteiger partial charge >= 0.3 is 0 Å². The van der Waals surface area contributed by atoms with Gasteiger partial charge in [0.15, 0.2) is 5.82 Å². The molecule has 0 fully saturated rings. The minimum Gasteiger partial charge on any atom is -0.497 e. The Kier molecular flexibility index (Phi) is 4.65. The lowest BCUT2D eigenvalue weighted by molar-refractivity contribution is 0.411. The maximum atomic E-state index is 6.06. The molecule has 6 nitrogen and oxygen atoms in total. The zero-order valence-corrected chi connectivity index (χ0v) is 16.4. The van der Waals surface area contributed by atoms with Crippen molar-refractivity contribution in [2.24, 2.45) is 0 Å². The van der Waals surface area contributed by atoms with E-state index in [1.807, 2.05) is 48.5 Å². The maximum absolute atomic E-state index is 6.06. The van der Waals surface area contributed by atoms with Crippen LogP contribution in [0, 0.1) is 0 Å². The van der Waals surface area contributed by atoms with Gasteiger partial charge in [0, 0.05) is 17.8 Å². The molecule has 0 radical (unpaired) electrons. The molecule has 1 aliphatic rings. The Morgan fingerprint density at radius 1 is 0.933 bits per heavy atom. The van der Waals surface area contributed by atoms with E-state index in [2.05, 4.69) is 44.9 Å². The van der Waals surface area contributed by atoms with Crippen LogP contribution in [0.5, 0.6) is 17.4 Å². The van der Waals surface area contributed by atoms with E-state index in [1.165, 1.54) is 6.33 Å². The van der Waals surface area contributed by atoms with Gasteiger partial charge < -0.3 is 20.1 Å². The number of hydrogen-bond acceptors (Lipinski definition) is 6. The molecule has 5 rings (SSSR count). The zero-order valence-electron chi connectivity index (χ0n) is 16.4. The Bertz CT molecular complexity index is 1190. The van der Waals surface area contributed by atoms with Crippen LogP contribution in [0.2, 0.25) is 0 Å². The van der Waals surface area contributed by atoms with Crippen molar-refractivity contribution in [2.45, 2.75) is 6.54 Å². The summed E-state index contributed by atoms with van der Waals surface area (Å²) in [6.07, 6.45) is 1.50. The summed E-state index contributed by atoms with van der Waals surface area (Å²) in [7, 11) is 1.65. The van der Waals surface area contributed by atoms with Crippen LogP contribution in [0.4, 0.5) is 17.2 Å². The maximum Gasteiger partial charge on any atom is 0.248 e. The summed E-state index contributed by atoms with van der Waals surface area (Å²) in [5, 5.41) is 6.80. The molecular formula is C24H20N4O2. The molecule has 4 aromatic rings. The minimum absolute atomic E-state index is 0.482. The highest BCUT2D eigenvalue weighted by Crippen LogP contribution is 2.39. The lowest BCUT2D eigenvalue weighted by Crippen LogP contribution is -2.04. The second-order valence-electron chi connectivity index (χ2n) is 6.90. The van der Waals surface area contributed by atoms with Crippen LogP contribution in [-0.4, -0.2) is 17.1 Å². The number of aromatic nitrogens is 2. The van der Waals surface area contributed by atoms with Gasteiger partial charge in [0.05, 0.1) is 7.11 Å². The highest BCUT2D eigenvalue weighted by molar-refractivity contribution is 5.77. The normalized spacial score (nSPS) is 11.9. The van der Waals surface area contributed by atoms with E-state index in [4.69, 9.17) is 9.47 Å². The van der Waals surface area contributed by atoms with Gasteiger partial charge in [0.1, 0.15) is 23.5 Å². The SMILES string of the molecule is COc1ccc2c(c1)CNc1c(Nc3cccc(-c4ccccc4)c3)ncnc1O2. The first kappa shape index (κ1) is 18.0. The molecule has 2 heterocycles. The Balaban J connectivity index is 1.45. The van der Waals surface area contributed by atoms with Crippen LogP contribution in [0.25, 0.3) is 11.1 Å². The van der Waals surface area contributed by atoms with Crippen molar-refractivity contribution in [2.75, 3.05) is 17.7 Å². The van der Waals surface area contributed by atoms with Gasteiger partial charge in [0.25, 0.3) is 0 Å². The molecule has 3 aromatic carbocycles. The molecule has 1 aliphatic heterocycles. The first-order valence-electron chi connectivity index (χ1n) is 9.66. The van der Waals surface area contributed by atoms with Crippen molar-refractivity contribution in [3.05, 3.63) is 84.7 Å². The predicted octanol–water partition coefficient (Wildman–Crippen LogP) is 5.61. The van der Waals surface area contributed by atoms with E-state index in [9.17, 15) is 0 Å². The van der Waals surface area contributed by atoms with E-state index < -0.39 is 0 Å². The molecule has 30 heavy (non-hydrogen) atoms. The van der Waals surface area contributed by atoms with Crippen LogP contribution >= 0.6 is 0 Å². The Morgan fingerprint density at radius 2 is 1.80 bits per heavy atom. The Labute approximate surface area is 174 Å². The Morgan fingerprint density at radius 3 is 2.67 bits per heavy atom. The van der Waals surface area contributed by atoms with Crippen LogP contribution in [0.15, 0.2) is 79.1 Å². The second-order valence-corrected chi connectivity index (χ2v) is 6.90. The molecule has 1 aromatic heterocycles. The topological polar surface area (TPSA) is 68.3 Å². The van der Waals surface area contributed by atoms with Gasteiger partial charge in [-0.1, -0.05) is 42.5 Å². The fourth-order valence-corrected chi connectivity index (χ4v) is 3.45. The molecule has 0 aliphatic carbocycles. The van der Waals surface area contributed by atoms with Gasteiger partial charge in [-0.2, -0.15) is 4.98 Å². The summed E-state index contributed by atoms with van der Waals surface area (Å²) in [5.74, 6) is 2.67. The summed E-state index contributed by atoms with van der Waals surface area (Å²) in [4.78, 5) is 8.76. The van der Waals surface area contributed by atoms with Crippen molar-refractivity contribution in [3.8, 4) is 28.5 Å². The third-order valence-electron chi connectivity index (χ3n) is 4.97. The lowest BCUT2D eigenvalue weighted by Gasteiger charge is -2.13. The molecule has 0 saturated carbocycles. The fraction of sp³-hybridized carbons (Fsp3) is 0.0833. The summed E-state index contributed by atoms with van der Waals surface area (Å²) in [5.41, 5.74) is 4.93. The van der Waals surface area contributed by atoms with Gasteiger partial charge in [-0.15, -0.1) is 0 Å². The number of benzene rings is 3. The number of fused-ring (bicyclic) bond motifs is 2. The van der Waals surface area contributed by atoms with E-state index in [0.717, 1.165) is 39.6 Å². The predicted molar refractivity (Wildman–Crippen MR) is 118 cm³/mol. The number of nitrogens with one attached hydrogen (secondary N) is 2. The molecular weight excluding hydrogens is 376 g/mol. The smallest absolute Gasteiger partial charge is 0.248 e. The number of ether oxygens (including phenoxy) is 2. The van der Waals surface area contributed by atoms with E-state index >= 15 is 0 Å². The van der Waals surface area contributed by atoms with Gasteiger partial charge in [-0.25, -0.2) is 4.98 Å². The summed E-state index contributed by atoms with van der Waals surface area (Å²) in [6.45, 7) is 0.575. The van der Waals surface area contributed by atoms with Gasteiger partial charge in [-0.3, -0.25) is 0 Å². The average molecular weight is 396 g/mol. The Hall–Kier alpha value is -4.06. The number of anilines is 3.